The van der Waals surface area contributed by atoms with Crippen molar-refractivity contribution in [1.82, 2.24) is 0 Å². The summed E-state index contributed by atoms with van der Waals surface area (Å²) in [5.74, 6) is 0. The van der Waals surface area contributed by atoms with Crippen molar-refractivity contribution in [1.29, 1.82) is 0 Å². The zero-order valence-corrected chi connectivity index (χ0v) is 10.3. The van der Waals surface area contributed by atoms with Crippen LogP contribution < -0.4 is 5.32 Å². The van der Waals surface area contributed by atoms with E-state index in [4.69, 9.17) is 0 Å². The maximum Gasteiger partial charge on any atom is 0.152 e. The molecule has 0 aromatic carbocycles. The first-order valence-corrected chi connectivity index (χ1v) is 7.95. The van der Waals surface area contributed by atoms with Gasteiger partial charge >= 0.3 is 0 Å². The lowest BCUT2D eigenvalue weighted by Crippen LogP contribution is -2.34. The molecule has 2 rings (SSSR count). The molecule has 0 saturated heterocycles. The fraction of sp³-hybridized carbons (Fsp3) is 0.600. The van der Waals surface area contributed by atoms with Gasteiger partial charge in [-0.3, -0.25) is 0 Å². The maximum absolute atomic E-state index is 11.5. The standard InChI is InChI=1S/C10H15NO2S2/c1-15(12,13)10-4-2-3-9(10)11-8-5-6-14-7-8/h5-7,9-11H,2-4H2,1H3. The molecule has 0 spiro atoms. The van der Waals surface area contributed by atoms with Gasteiger partial charge in [0, 0.05) is 23.4 Å². The SMILES string of the molecule is CS(=O)(=O)C1CCCC1Nc1ccsc1. The number of thiophene rings is 1. The molecule has 0 radical (unpaired) electrons. The average molecular weight is 245 g/mol. The molecule has 1 heterocycles. The lowest BCUT2D eigenvalue weighted by atomic mass is 10.2. The Bertz CT molecular complexity index is 411. The highest BCUT2D eigenvalue weighted by molar-refractivity contribution is 7.91. The fourth-order valence-electron chi connectivity index (χ4n) is 2.16. The van der Waals surface area contributed by atoms with Gasteiger partial charge in [0.1, 0.15) is 0 Å². The minimum Gasteiger partial charge on any atom is -0.380 e. The molecular weight excluding hydrogens is 230 g/mol. The van der Waals surface area contributed by atoms with E-state index >= 15 is 0 Å². The zero-order valence-electron chi connectivity index (χ0n) is 8.64. The molecule has 1 N–H and O–H groups in total. The van der Waals surface area contributed by atoms with Crippen LogP contribution >= 0.6 is 11.3 Å². The largest absolute Gasteiger partial charge is 0.380 e. The van der Waals surface area contributed by atoms with Crippen molar-refractivity contribution in [2.24, 2.45) is 0 Å². The molecule has 0 amide bonds. The van der Waals surface area contributed by atoms with Crippen LogP contribution in [0.2, 0.25) is 0 Å². The smallest absolute Gasteiger partial charge is 0.152 e. The summed E-state index contributed by atoms with van der Waals surface area (Å²) in [7, 11) is -2.91. The second kappa shape index (κ2) is 4.14. The van der Waals surface area contributed by atoms with E-state index in [1.54, 1.807) is 11.3 Å². The minimum absolute atomic E-state index is 0.0922. The summed E-state index contributed by atoms with van der Waals surface area (Å²) in [4.78, 5) is 0. The van der Waals surface area contributed by atoms with E-state index in [9.17, 15) is 8.42 Å². The van der Waals surface area contributed by atoms with Crippen molar-refractivity contribution in [3.8, 4) is 0 Å². The highest BCUT2D eigenvalue weighted by Crippen LogP contribution is 2.28. The predicted molar refractivity (Wildman–Crippen MR) is 64.2 cm³/mol. The Morgan fingerprint density at radius 1 is 1.47 bits per heavy atom. The van der Waals surface area contributed by atoms with Gasteiger partial charge in [0.25, 0.3) is 0 Å². The van der Waals surface area contributed by atoms with E-state index < -0.39 is 9.84 Å². The Morgan fingerprint density at radius 2 is 2.27 bits per heavy atom. The van der Waals surface area contributed by atoms with Gasteiger partial charge in [-0.2, -0.15) is 11.3 Å². The van der Waals surface area contributed by atoms with Gasteiger partial charge in [0.15, 0.2) is 9.84 Å². The third-order valence-corrected chi connectivity index (χ3v) is 5.22. The molecule has 5 heteroatoms. The van der Waals surface area contributed by atoms with Crippen LogP contribution in [0.4, 0.5) is 5.69 Å². The van der Waals surface area contributed by atoms with Crippen LogP contribution in [0, 0.1) is 0 Å². The summed E-state index contributed by atoms with van der Waals surface area (Å²) in [6.07, 6.45) is 4.08. The molecule has 1 aliphatic rings. The van der Waals surface area contributed by atoms with Crippen molar-refractivity contribution >= 4 is 26.9 Å². The van der Waals surface area contributed by atoms with E-state index in [2.05, 4.69) is 5.32 Å². The molecule has 15 heavy (non-hydrogen) atoms. The summed E-state index contributed by atoms with van der Waals surface area (Å²) in [5.41, 5.74) is 1.04. The molecule has 2 unspecified atom stereocenters. The Kier molecular flexibility index (Phi) is 3.02. The third-order valence-electron chi connectivity index (χ3n) is 2.88. The summed E-state index contributed by atoms with van der Waals surface area (Å²) in [5, 5.41) is 7.10. The number of sulfone groups is 1. The van der Waals surface area contributed by atoms with E-state index in [1.807, 2.05) is 16.8 Å². The first kappa shape index (κ1) is 11.0. The third kappa shape index (κ3) is 2.52. The summed E-state index contributed by atoms with van der Waals surface area (Å²) >= 11 is 1.62. The molecular formula is C10H15NO2S2. The zero-order chi connectivity index (χ0) is 10.9. The van der Waals surface area contributed by atoms with Crippen LogP contribution in [-0.4, -0.2) is 26.0 Å². The van der Waals surface area contributed by atoms with Gasteiger partial charge in [0.2, 0.25) is 0 Å². The van der Waals surface area contributed by atoms with Crippen LogP contribution in [-0.2, 0) is 9.84 Å². The predicted octanol–water partition coefficient (Wildman–Crippen LogP) is 2.13. The number of nitrogens with one attached hydrogen (secondary N) is 1. The summed E-state index contributed by atoms with van der Waals surface area (Å²) in [6, 6.07) is 2.08. The molecule has 1 aromatic rings. The van der Waals surface area contributed by atoms with Crippen molar-refractivity contribution in [3.05, 3.63) is 16.8 Å². The number of anilines is 1. The van der Waals surface area contributed by atoms with Crippen molar-refractivity contribution in [2.45, 2.75) is 30.6 Å². The molecule has 0 aliphatic heterocycles. The summed E-state index contributed by atoms with van der Waals surface area (Å²) in [6.45, 7) is 0. The first-order chi connectivity index (χ1) is 7.07. The fourth-order valence-corrected chi connectivity index (χ4v) is 4.16. The maximum atomic E-state index is 11.5. The van der Waals surface area contributed by atoms with Crippen LogP contribution in [0.1, 0.15) is 19.3 Å². The van der Waals surface area contributed by atoms with E-state index in [0.29, 0.717) is 0 Å². The molecule has 1 fully saturated rings. The highest BCUT2D eigenvalue weighted by Gasteiger charge is 2.34. The Morgan fingerprint density at radius 3 is 2.87 bits per heavy atom. The van der Waals surface area contributed by atoms with Crippen molar-refractivity contribution in [3.63, 3.8) is 0 Å². The van der Waals surface area contributed by atoms with E-state index in [1.165, 1.54) is 6.26 Å². The molecule has 0 bridgehead atoms. The van der Waals surface area contributed by atoms with Gasteiger partial charge < -0.3 is 5.32 Å². The van der Waals surface area contributed by atoms with E-state index in [-0.39, 0.29) is 11.3 Å². The van der Waals surface area contributed by atoms with Crippen LogP contribution in [0.5, 0.6) is 0 Å². The Hall–Kier alpha value is -0.550. The number of hydrogen-bond donors (Lipinski definition) is 1. The molecule has 1 aromatic heterocycles. The van der Waals surface area contributed by atoms with Gasteiger partial charge in [0.05, 0.1) is 5.25 Å². The second-order valence-electron chi connectivity index (χ2n) is 4.06. The molecule has 3 nitrogen and oxygen atoms in total. The average Bonchev–Trinajstić information content (AvgIpc) is 2.73. The van der Waals surface area contributed by atoms with Crippen LogP contribution in [0.25, 0.3) is 0 Å². The second-order valence-corrected chi connectivity index (χ2v) is 7.11. The molecule has 2 atom stereocenters. The lowest BCUT2D eigenvalue weighted by molar-refractivity contribution is 0.579. The van der Waals surface area contributed by atoms with Gasteiger partial charge in [-0.1, -0.05) is 0 Å². The van der Waals surface area contributed by atoms with Crippen molar-refractivity contribution < 1.29 is 8.42 Å². The highest BCUT2D eigenvalue weighted by atomic mass is 32.2. The van der Waals surface area contributed by atoms with Gasteiger partial charge in [-0.25, -0.2) is 8.42 Å². The molecule has 1 aliphatic carbocycles. The normalized spacial score (nSPS) is 26.7. The molecule has 84 valence electrons. The molecule has 1 saturated carbocycles. The van der Waals surface area contributed by atoms with Gasteiger partial charge in [-0.15, -0.1) is 0 Å². The van der Waals surface area contributed by atoms with Crippen molar-refractivity contribution in [2.75, 3.05) is 11.6 Å². The Labute approximate surface area is 94.4 Å². The topological polar surface area (TPSA) is 46.2 Å². The van der Waals surface area contributed by atoms with Crippen LogP contribution in [0.3, 0.4) is 0 Å². The van der Waals surface area contributed by atoms with E-state index in [0.717, 1.165) is 24.9 Å². The summed E-state index contributed by atoms with van der Waals surface area (Å²) < 4.78 is 23.1. The lowest BCUT2D eigenvalue weighted by Gasteiger charge is -2.19. The quantitative estimate of drug-likeness (QED) is 0.887. The Balaban J connectivity index is 2.09. The van der Waals surface area contributed by atoms with Crippen LogP contribution in [0.15, 0.2) is 16.8 Å². The first-order valence-electron chi connectivity index (χ1n) is 5.05. The monoisotopic (exact) mass is 245 g/mol. The minimum atomic E-state index is -2.91. The number of hydrogen-bond acceptors (Lipinski definition) is 4. The number of rotatable bonds is 3. The van der Waals surface area contributed by atoms with Gasteiger partial charge in [-0.05, 0) is 30.7 Å².